The highest BCUT2D eigenvalue weighted by molar-refractivity contribution is 9.10. The lowest BCUT2D eigenvalue weighted by Crippen LogP contribution is -2.41. The molecule has 1 aliphatic rings. The summed E-state index contributed by atoms with van der Waals surface area (Å²) in [7, 11) is 1.94. The van der Waals surface area contributed by atoms with Gasteiger partial charge in [-0.15, -0.1) is 0 Å². The summed E-state index contributed by atoms with van der Waals surface area (Å²) in [5, 5.41) is 10.2. The Morgan fingerprint density at radius 1 is 0.955 bits per heavy atom. The van der Waals surface area contributed by atoms with Gasteiger partial charge in [-0.1, -0.05) is 30.3 Å². The largest absolute Gasteiger partial charge is 0.466 e. The number of nitrogens with zero attached hydrogens (tertiary/aromatic N) is 2. The molecule has 1 aliphatic heterocycles. The first-order chi connectivity index (χ1) is 20.7. The van der Waals surface area contributed by atoms with Crippen LogP contribution < -0.4 is 15.4 Å². The van der Waals surface area contributed by atoms with Crippen LogP contribution in [-0.2, 0) is 25.2 Å². The minimum absolute atomic E-state index is 0.0158. The Hall–Kier alpha value is -4.97. The quantitative estimate of drug-likeness (QED) is 0.229. The smallest absolute Gasteiger partial charge is 0.416 e. The van der Waals surface area contributed by atoms with Crippen molar-refractivity contribution in [3.8, 4) is 17.6 Å². The van der Waals surface area contributed by atoms with Crippen molar-refractivity contribution in [2.75, 3.05) is 19.1 Å². The van der Waals surface area contributed by atoms with Gasteiger partial charge in [-0.05, 0) is 39.7 Å². The van der Waals surface area contributed by atoms with Gasteiger partial charge in [-0.25, -0.2) is 22.8 Å². The van der Waals surface area contributed by atoms with Gasteiger partial charge in [0, 0.05) is 6.07 Å². The molecule has 1 heterocycles. The van der Waals surface area contributed by atoms with Gasteiger partial charge in [0.15, 0.2) is 23.1 Å². The molecule has 0 fully saturated rings. The molecule has 1 unspecified atom stereocenters. The average molecular weight is 682 g/mol. The second kappa shape index (κ2) is 12.3. The van der Waals surface area contributed by atoms with E-state index >= 15 is 0 Å². The molecule has 2 N–H and O–H groups in total. The van der Waals surface area contributed by atoms with E-state index < -0.39 is 81.3 Å². The Balaban J connectivity index is 2.06. The summed E-state index contributed by atoms with van der Waals surface area (Å²) in [6.45, 7) is 0. The number of benzene rings is 3. The van der Waals surface area contributed by atoms with Gasteiger partial charge < -0.3 is 19.9 Å². The van der Waals surface area contributed by atoms with Crippen LogP contribution in [0.2, 0.25) is 0 Å². The van der Waals surface area contributed by atoms with Gasteiger partial charge in [0.1, 0.15) is 17.3 Å². The highest BCUT2D eigenvalue weighted by Crippen LogP contribution is 2.49. The number of carbonyl (C=O) groups is 2. The molecule has 0 aromatic heterocycles. The number of ether oxygens (including phenoxy) is 3. The van der Waals surface area contributed by atoms with E-state index in [0.717, 1.165) is 20.3 Å². The first-order valence-electron chi connectivity index (χ1n) is 12.1. The van der Waals surface area contributed by atoms with Crippen molar-refractivity contribution in [2.45, 2.75) is 12.1 Å². The molecule has 3 aromatic rings. The summed E-state index contributed by atoms with van der Waals surface area (Å²) in [5.74, 6) is -10.8. The number of rotatable bonds is 6. The molecular formula is C29H18BrF6N3O5. The van der Waals surface area contributed by atoms with Crippen molar-refractivity contribution < 1.29 is 50.1 Å². The van der Waals surface area contributed by atoms with Crippen LogP contribution in [0.4, 0.5) is 32.0 Å². The van der Waals surface area contributed by atoms with Gasteiger partial charge in [0.05, 0.1) is 53.1 Å². The van der Waals surface area contributed by atoms with Crippen LogP contribution in [0.15, 0.2) is 81.7 Å². The molecule has 15 heteroatoms. The number of methoxy groups -OCH3 is 2. The maximum Gasteiger partial charge on any atom is 0.416 e. The van der Waals surface area contributed by atoms with E-state index in [1.165, 1.54) is 12.1 Å². The van der Waals surface area contributed by atoms with Gasteiger partial charge in [0.2, 0.25) is 0 Å². The molecule has 3 aromatic carbocycles. The van der Waals surface area contributed by atoms with Crippen LogP contribution in [0.1, 0.15) is 17.0 Å². The van der Waals surface area contributed by atoms with Crippen LogP contribution in [0.25, 0.3) is 0 Å². The Morgan fingerprint density at radius 2 is 1.55 bits per heavy atom. The number of nitriles is 1. The van der Waals surface area contributed by atoms with Crippen molar-refractivity contribution in [1.82, 2.24) is 0 Å². The standard InChI is InChI=1S/C29H18BrF6N3O5/c1-42-27(40)22-21(13-6-4-3-5-7-13)16(12-37)26(38)39(23(22)28(41)43-2)20-11-15(31)10-17(30)24(20)44-25-18(32)8-14(9-19(25)33)29(34,35)36/h3-11,21H,38H2,1-2H3. The van der Waals surface area contributed by atoms with E-state index in [4.69, 9.17) is 19.9 Å². The predicted octanol–water partition coefficient (Wildman–Crippen LogP) is 6.58. The van der Waals surface area contributed by atoms with E-state index in [1.807, 2.05) is 6.07 Å². The van der Waals surface area contributed by atoms with Crippen LogP contribution in [0, 0.1) is 28.8 Å². The van der Waals surface area contributed by atoms with Crippen molar-refractivity contribution in [2.24, 2.45) is 5.73 Å². The molecule has 0 aliphatic carbocycles. The summed E-state index contributed by atoms with van der Waals surface area (Å²) in [6.07, 6.45) is -5.09. The number of hydrogen-bond acceptors (Lipinski definition) is 8. The summed E-state index contributed by atoms with van der Waals surface area (Å²) >= 11 is 2.99. The number of carbonyl (C=O) groups excluding carboxylic acids is 2. The van der Waals surface area contributed by atoms with E-state index in [9.17, 15) is 41.2 Å². The lowest BCUT2D eigenvalue weighted by Gasteiger charge is -2.36. The van der Waals surface area contributed by atoms with Crippen LogP contribution >= 0.6 is 15.9 Å². The summed E-state index contributed by atoms with van der Waals surface area (Å²) < 4.78 is 98.7. The number of hydrogen-bond donors (Lipinski definition) is 1. The zero-order valence-corrected chi connectivity index (χ0v) is 24.0. The third-order valence-electron chi connectivity index (χ3n) is 6.37. The maximum atomic E-state index is 14.9. The van der Waals surface area contributed by atoms with E-state index in [2.05, 4.69) is 15.9 Å². The Bertz CT molecular complexity index is 1750. The maximum absolute atomic E-state index is 14.9. The molecule has 8 nitrogen and oxygen atoms in total. The highest BCUT2D eigenvalue weighted by atomic mass is 79.9. The SMILES string of the molecule is COC(=O)C1=C(C(=O)OC)N(c2cc(F)cc(Br)c2Oc2c(F)cc(C(F)(F)F)cc2F)C(N)=C(C#N)C1c1ccccc1. The van der Waals surface area contributed by atoms with Gasteiger partial charge in [-0.2, -0.15) is 18.4 Å². The topological polar surface area (TPSA) is 115 Å². The third kappa shape index (κ3) is 5.80. The van der Waals surface area contributed by atoms with Gasteiger partial charge in [0.25, 0.3) is 0 Å². The van der Waals surface area contributed by atoms with Crippen molar-refractivity contribution in [1.29, 1.82) is 5.26 Å². The molecule has 4 rings (SSSR count). The van der Waals surface area contributed by atoms with E-state index in [0.29, 0.717) is 16.5 Å². The van der Waals surface area contributed by atoms with E-state index in [1.54, 1.807) is 18.2 Å². The molecule has 0 radical (unpaired) electrons. The van der Waals surface area contributed by atoms with Gasteiger partial charge in [-0.3, -0.25) is 4.90 Å². The zero-order valence-electron chi connectivity index (χ0n) is 22.4. The average Bonchev–Trinajstić information content (AvgIpc) is 2.98. The first-order valence-corrected chi connectivity index (χ1v) is 12.9. The van der Waals surface area contributed by atoms with Crippen LogP contribution in [0.5, 0.6) is 11.5 Å². The Labute approximate surface area is 253 Å². The van der Waals surface area contributed by atoms with Gasteiger partial charge >= 0.3 is 18.1 Å². The molecule has 0 spiro atoms. The highest BCUT2D eigenvalue weighted by Gasteiger charge is 2.44. The normalized spacial score (nSPS) is 15.2. The summed E-state index contributed by atoms with van der Waals surface area (Å²) in [5.41, 5.74) is 2.97. The first kappa shape index (κ1) is 32.0. The molecule has 44 heavy (non-hydrogen) atoms. The third-order valence-corrected chi connectivity index (χ3v) is 6.96. The Morgan fingerprint density at radius 3 is 2.07 bits per heavy atom. The molecule has 0 bridgehead atoms. The minimum Gasteiger partial charge on any atom is -0.466 e. The molecule has 1 atom stereocenters. The monoisotopic (exact) mass is 681 g/mol. The van der Waals surface area contributed by atoms with Crippen LogP contribution in [0.3, 0.4) is 0 Å². The molecule has 0 saturated carbocycles. The fourth-order valence-electron chi connectivity index (χ4n) is 4.50. The summed E-state index contributed by atoms with van der Waals surface area (Å²) in [4.78, 5) is 27.3. The second-order valence-corrected chi connectivity index (χ2v) is 9.79. The number of halogens is 7. The number of anilines is 1. The van der Waals surface area contributed by atoms with Crippen molar-refractivity contribution in [3.05, 3.63) is 110 Å². The molecular weight excluding hydrogens is 664 g/mol. The predicted molar refractivity (Wildman–Crippen MR) is 145 cm³/mol. The number of nitrogens with two attached hydrogens (primary N) is 1. The summed E-state index contributed by atoms with van der Waals surface area (Å²) in [6, 6.07) is 11.2. The number of allylic oxidation sites excluding steroid dienone is 1. The lowest BCUT2D eigenvalue weighted by molar-refractivity contribution is -0.139. The number of alkyl halides is 3. The van der Waals surface area contributed by atoms with Crippen molar-refractivity contribution >= 4 is 33.6 Å². The van der Waals surface area contributed by atoms with E-state index in [-0.39, 0.29) is 22.2 Å². The van der Waals surface area contributed by atoms with Crippen LogP contribution in [-0.4, -0.2) is 26.2 Å². The Kier molecular flexibility index (Phi) is 8.96. The second-order valence-electron chi connectivity index (χ2n) is 8.94. The molecule has 0 amide bonds. The van der Waals surface area contributed by atoms with Crippen molar-refractivity contribution in [3.63, 3.8) is 0 Å². The fourth-order valence-corrected chi connectivity index (χ4v) is 5.00. The molecule has 228 valence electrons. The zero-order chi connectivity index (χ0) is 32.5. The minimum atomic E-state index is -5.09. The fraction of sp³-hybridized carbons (Fsp3) is 0.138. The lowest BCUT2D eigenvalue weighted by atomic mass is 9.81. The number of esters is 2. The molecule has 0 saturated heterocycles.